The molecule has 6 heteroatoms. The van der Waals surface area contributed by atoms with Crippen molar-refractivity contribution in [1.29, 1.82) is 0 Å². The van der Waals surface area contributed by atoms with Crippen LogP contribution in [0.4, 0.5) is 9.59 Å². The van der Waals surface area contributed by atoms with Gasteiger partial charge >= 0.3 is 12.1 Å². The maximum atomic E-state index is 10.1. The lowest BCUT2D eigenvalue weighted by molar-refractivity contribution is 0.206. The van der Waals surface area contributed by atoms with Crippen LogP contribution in [0, 0.1) is 0 Å². The molecule has 4 amide bonds. The average molecular weight is 114 g/mol. The van der Waals surface area contributed by atoms with Gasteiger partial charge in [-0.1, -0.05) is 10.2 Å². The standard InChI is InChI=1S/C2H2N4O2/c3-6-1(7)4-5-2(6)8/h3H2. The van der Waals surface area contributed by atoms with E-state index in [0.29, 0.717) is 5.01 Å². The first-order valence-electron chi connectivity index (χ1n) is 1.76. The predicted octanol–water partition coefficient (Wildman–Crippen LogP) is -0.132. The van der Waals surface area contributed by atoms with Gasteiger partial charge in [-0.15, -0.1) is 0 Å². The molecule has 1 aliphatic rings. The maximum absolute atomic E-state index is 10.1. The zero-order chi connectivity index (χ0) is 6.15. The van der Waals surface area contributed by atoms with E-state index in [-0.39, 0.29) is 0 Å². The Balaban J connectivity index is 2.84. The van der Waals surface area contributed by atoms with Crippen LogP contribution in [0.2, 0.25) is 0 Å². The molecule has 2 N–H and O–H groups in total. The summed E-state index contributed by atoms with van der Waals surface area (Å²) < 4.78 is 0. The minimum absolute atomic E-state index is 0.333. The van der Waals surface area contributed by atoms with Crippen molar-refractivity contribution in [3.05, 3.63) is 0 Å². The van der Waals surface area contributed by atoms with Gasteiger partial charge in [0, 0.05) is 0 Å². The van der Waals surface area contributed by atoms with Gasteiger partial charge in [-0.3, -0.25) is 0 Å². The van der Waals surface area contributed by atoms with Crippen LogP contribution < -0.4 is 5.84 Å². The topological polar surface area (TPSA) is 88.1 Å². The van der Waals surface area contributed by atoms with E-state index in [1.807, 2.05) is 0 Å². The highest BCUT2D eigenvalue weighted by Gasteiger charge is 2.22. The lowest BCUT2D eigenvalue weighted by atomic mass is 10.9. The normalized spacial score (nSPS) is 18.4. The summed E-state index contributed by atoms with van der Waals surface area (Å²) >= 11 is 0. The van der Waals surface area contributed by atoms with E-state index in [0.717, 1.165) is 0 Å². The number of amides is 4. The highest BCUT2D eigenvalue weighted by atomic mass is 16.2. The Bertz CT molecular complexity index is 155. The first-order chi connectivity index (χ1) is 3.72. The van der Waals surface area contributed by atoms with Gasteiger partial charge in [-0.2, -0.15) is 5.01 Å². The third-order valence-electron chi connectivity index (χ3n) is 0.633. The van der Waals surface area contributed by atoms with Crippen molar-refractivity contribution >= 4 is 12.1 Å². The van der Waals surface area contributed by atoms with Crippen LogP contribution in [-0.4, -0.2) is 17.1 Å². The number of nitrogens with zero attached hydrogens (tertiary/aromatic N) is 3. The summed E-state index contributed by atoms with van der Waals surface area (Å²) in [6.07, 6.45) is 0. The fourth-order valence-electron chi connectivity index (χ4n) is 0.264. The Labute approximate surface area is 43.9 Å². The van der Waals surface area contributed by atoms with Crippen molar-refractivity contribution in [3.8, 4) is 0 Å². The van der Waals surface area contributed by atoms with Gasteiger partial charge in [0.15, 0.2) is 0 Å². The summed E-state index contributed by atoms with van der Waals surface area (Å²) in [6.45, 7) is 0. The van der Waals surface area contributed by atoms with Crippen molar-refractivity contribution in [2.75, 3.05) is 0 Å². The number of nitrogens with two attached hydrogens (primary N) is 1. The van der Waals surface area contributed by atoms with Crippen LogP contribution in [0.25, 0.3) is 0 Å². The van der Waals surface area contributed by atoms with Crippen LogP contribution in [0.5, 0.6) is 0 Å². The van der Waals surface area contributed by atoms with Crippen LogP contribution in [0.1, 0.15) is 0 Å². The summed E-state index contributed by atoms with van der Waals surface area (Å²) in [4.78, 5) is 20.2. The van der Waals surface area contributed by atoms with Crippen molar-refractivity contribution in [3.63, 3.8) is 0 Å². The molecule has 0 spiro atoms. The molecule has 0 aromatic rings. The van der Waals surface area contributed by atoms with Crippen molar-refractivity contribution < 1.29 is 9.59 Å². The molecule has 0 aromatic heterocycles. The second kappa shape index (κ2) is 1.34. The van der Waals surface area contributed by atoms with E-state index >= 15 is 0 Å². The van der Waals surface area contributed by atoms with Gasteiger partial charge in [0.2, 0.25) is 0 Å². The fourth-order valence-corrected chi connectivity index (χ4v) is 0.264. The number of carbonyl (C=O) groups is 2. The molecule has 0 saturated heterocycles. The Kier molecular flexibility index (Phi) is 0.811. The number of hydrazine groups is 1. The molecule has 1 aliphatic heterocycles. The monoisotopic (exact) mass is 114 g/mol. The first-order valence-corrected chi connectivity index (χ1v) is 1.76. The summed E-state index contributed by atoms with van der Waals surface area (Å²) in [6, 6.07) is -1.65. The van der Waals surface area contributed by atoms with Gasteiger partial charge in [-0.05, 0) is 0 Å². The van der Waals surface area contributed by atoms with Crippen LogP contribution in [0.15, 0.2) is 10.2 Å². The molecule has 8 heavy (non-hydrogen) atoms. The Morgan fingerprint density at radius 1 is 1.25 bits per heavy atom. The highest BCUT2D eigenvalue weighted by Crippen LogP contribution is 1.99. The molecule has 1 rings (SSSR count). The number of hydrogen-bond acceptors (Lipinski definition) is 3. The van der Waals surface area contributed by atoms with Gasteiger partial charge in [-0.25, -0.2) is 15.4 Å². The van der Waals surface area contributed by atoms with Gasteiger partial charge in [0.05, 0.1) is 0 Å². The summed E-state index contributed by atoms with van der Waals surface area (Å²) in [5, 5.41) is 6.00. The minimum Gasteiger partial charge on any atom is -0.242 e. The Morgan fingerprint density at radius 2 is 1.62 bits per heavy atom. The van der Waals surface area contributed by atoms with E-state index in [4.69, 9.17) is 5.84 Å². The van der Waals surface area contributed by atoms with Crippen molar-refractivity contribution in [2.24, 2.45) is 16.1 Å². The lowest BCUT2D eigenvalue weighted by Gasteiger charge is -1.96. The number of carbonyl (C=O) groups excluding carboxylic acids is 2. The number of urea groups is 2. The molecule has 0 radical (unpaired) electrons. The van der Waals surface area contributed by atoms with Gasteiger partial charge in [0.25, 0.3) is 0 Å². The molecule has 0 fully saturated rings. The Hall–Kier alpha value is -1.30. The molecule has 6 nitrogen and oxygen atoms in total. The van der Waals surface area contributed by atoms with Crippen molar-refractivity contribution in [2.45, 2.75) is 0 Å². The molecule has 0 bridgehead atoms. The second-order valence-electron chi connectivity index (χ2n) is 1.14. The van der Waals surface area contributed by atoms with E-state index in [9.17, 15) is 9.59 Å². The third-order valence-corrected chi connectivity index (χ3v) is 0.633. The quantitative estimate of drug-likeness (QED) is 0.351. The zero-order valence-corrected chi connectivity index (χ0v) is 3.74. The van der Waals surface area contributed by atoms with Gasteiger partial charge in [0.1, 0.15) is 0 Å². The zero-order valence-electron chi connectivity index (χ0n) is 3.74. The Morgan fingerprint density at radius 3 is 1.75 bits per heavy atom. The predicted molar refractivity (Wildman–Crippen MR) is 21.7 cm³/mol. The third kappa shape index (κ3) is 0.470. The number of hydrogen-bond donors (Lipinski definition) is 1. The van der Waals surface area contributed by atoms with Crippen LogP contribution in [0.3, 0.4) is 0 Å². The summed E-state index contributed by atoms with van der Waals surface area (Å²) in [5.74, 6) is 4.77. The van der Waals surface area contributed by atoms with Crippen molar-refractivity contribution in [1.82, 2.24) is 5.01 Å². The molecule has 1 heterocycles. The molecule has 0 aromatic carbocycles. The SMILES string of the molecule is NN1C(=O)N=NC1=O. The van der Waals surface area contributed by atoms with Crippen LogP contribution in [-0.2, 0) is 0 Å². The smallest absolute Gasteiger partial charge is 0.242 e. The molecule has 0 aliphatic carbocycles. The molecular formula is C2H2N4O2. The molecule has 0 saturated carbocycles. The first kappa shape index (κ1) is 4.85. The van der Waals surface area contributed by atoms with Crippen LogP contribution >= 0.6 is 0 Å². The minimum atomic E-state index is -0.824. The fraction of sp³-hybridized carbons (Fsp3) is 0. The maximum Gasteiger partial charge on any atom is 0.385 e. The largest absolute Gasteiger partial charge is 0.385 e. The summed E-state index contributed by atoms with van der Waals surface area (Å²) in [5.41, 5.74) is 0. The average Bonchev–Trinajstić information content (AvgIpc) is 1.98. The summed E-state index contributed by atoms with van der Waals surface area (Å²) in [7, 11) is 0. The molecular weight excluding hydrogens is 112 g/mol. The van der Waals surface area contributed by atoms with E-state index in [2.05, 4.69) is 10.2 Å². The van der Waals surface area contributed by atoms with E-state index < -0.39 is 12.1 Å². The van der Waals surface area contributed by atoms with Gasteiger partial charge < -0.3 is 0 Å². The molecule has 0 unspecified atom stereocenters. The number of rotatable bonds is 0. The van der Waals surface area contributed by atoms with E-state index in [1.54, 1.807) is 0 Å². The van der Waals surface area contributed by atoms with E-state index in [1.165, 1.54) is 0 Å². The molecule has 0 atom stereocenters. The highest BCUT2D eigenvalue weighted by molar-refractivity contribution is 5.97. The lowest BCUT2D eigenvalue weighted by Crippen LogP contribution is -2.34. The second-order valence-corrected chi connectivity index (χ2v) is 1.14. The number of azo groups is 1. The molecule has 42 valence electrons. The number of imide groups is 1.